The molecule has 3 aromatic carbocycles. The Kier molecular flexibility index (Phi) is 6.62. The quantitative estimate of drug-likeness (QED) is 0.491. The van der Waals surface area contributed by atoms with Crippen molar-refractivity contribution in [2.24, 2.45) is 0 Å². The number of ether oxygens (including phenoxy) is 1. The zero-order valence-corrected chi connectivity index (χ0v) is 21.4. The molecule has 2 aliphatic heterocycles. The van der Waals surface area contributed by atoms with E-state index in [0.717, 1.165) is 12.8 Å². The van der Waals surface area contributed by atoms with Gasteiger partial charge in [0.1, 0.15) is 5.60 Å². The van der Waals surface area contributed by atoms with Crippen molar-refractivity contribution in [1.82, 2.24) is 9.80 Å². The van der Waals surface area contributed by atoms with Gasteiger partial charge in [0.15, 0.2) is 0 Å². The summed E-state index contributed by atoms with van der Waals surface area (Å²) >= 11 is 0. The van der Waals surface area contributed by atoms with E-state index in [4.69, 9.17) is 4.74 Å². The number of carbonyl (C=O) groups is 1. The third-order valence-corrected chi connectivity index (χ3v) is 7.58. The highest BCUT2D eigenvalue weighted by molar-refractivity contribution is 5.69. The van der Waals surface area contributed by atoms with E-state index in [1.807, 2.05) is 20.8 Å². The first-order valence-corrected chi connectivity index (χ1v) is 12.9. The Morgan fingerprint density at radius 1 is 0.833 bits per heavy atom. The SMILES string of the molecule is CC(C)(C)OC(=O)N1C[C@H]2CC[C@@H](C1CO)N2C(c1ccccc1)(c1ccccc1)c1ccccc1. The summed E-state index contributed by atoms with van der Waals surface area (Å²) in [5.41, 5.74) is 2.39. The summed E-state index contributed by atoms with van der Waals surface area (Å²) < 4.78 is 5.77. The van der Waals surface area contributed by atoms with Crippen LogP contribution in [0.4, 0.5) is 4.79 Å². The number of aliphatic hydroxyl groups excluding tert-OH is 1. The Morgan fingerprint density at radius 2 is 1.31 bits per heavy atom. The maximum atomic E-state index is 13.2. The molecule has 3 atom stereocenters. The lowest BCUT2D eigenvalue weighted by Gasteiger charge is -2.55. The second-order valence-electron chi connectivity index (χ2n) is 10.9. The van der Waals surface area contributed by atoms with Crippen molar-refractivity contribution in [2.45, 2.75) is 62.9 Å². The number of carbonyl (C=O) groups excluding carboxylic acids is 1. The van der Waals surface area contributed by atoms with E-state index >= 15 is 0 Å². The summed E-state index contributed by atoms with van der Waals surface area (Å²) in [6.07, 6.45) is 1.51. The van der Waals surface area contributed by atoms with E-state index in [1.54, 1.807) is 4.90 Å². The number of nitrogens with zero attached hydrogens (tertiary/aromatic N) is 2. The molecule has 2 bridgehead atoms. The average molecular weight is 485 g/mol. The first-order valence-electron chi connectivity index (χ1n) is 12.9. The molecule has 2 heterocycles. The van der Waals surface area contributed by atoms with Crippen LogP contribution in [-0.2, 0) is 10.3 Å². The highest BCUT2D eigenvalue weighted by Crippen LogP contribution is 2.50. The third kappa shape index (κ3) is 4.21. The molecule has 2 saturated heterocycles. The number of rotatable bonds is 5. The molecular weight excluding hydrogens is 448 g/mol. The Morgan fingerprint density at radius 3 is 1.72 bits per heavy atom. The summed E-state index contributed by atoms with van der Waals surface area (Å²) in [5.74, 6) is 0. The normalized spacial score (nSPS) is 22.4. The fraction of sp³-hybridized carbons (Fsp3) is 0.387. The Hall–Kier alpha value is -3.15. The topological polar surface area (TPSA) is 53.0 Å². The van der Waals surface area contributed by atoms with E-state index in [1.165, 1.54) is 16.7 Å². The summed E-state index contributed by atoms with van der Waals surface area (Å²) in [4.78, 5) is 17.6. The average Bonchev–Trinajstić information content (AvgIpc) is 3.19. The standard InChI is InChI=1S/C31H36N2O3/c1-30(2,3)36-29(35)32-21-26-19-20-27(28(32)22-34)33(26)31(23-13-7-4-8-14-23,24-15-9-5-10-16-24)25-17-11-6-12-18-25/h4-18,26-28,34H,19-22H2,1-3H3/t26-,27+,28?/m1/s1. The lowest BCUT2D eigenvalue weighted by Crippen LogP contribution is -2.68. The second kappa shape index (κ2) is 9.72. The lowest BCUT2D eigenvalue weighted by atomic mass is 9.73. The Bertz CT molecular complexity index is 1060. The number of hydrogen-bond donors (Lipinski definition) is 1. The van der Waals surface area contributed by atoms with Crippen molar-refractivity contribution in [3.05, 3.63) is 108 Å². The van der Waals surface area contributed by atoms with Crippen molar-refractivity contribution in [1.29, 1.82) is 0 Å². The lowest BCUT2D eigenvalue weighted by molar-refractivity contribution is -0.0560. The van der Waals surface area contributed by atoms with Gasteiger partial charge in [-0.25, -0.2) is 4.79 Å². The third-order valence-electron chi connectivity index (χ3n) is 7.58. The Labute approximate surface area is 214 Å². The maximum absolute atomic E-state index is 13.2. The van der Waals surface area contributed by atoms with Crippen molar-refractivity contribution in [2.75, 3.05) is 13.2 Å². The van der Waals surface area contributed by atoms with Crippen LogP contribution in [-0.4, -0.2) is 57.9 Å². The fourth-order valence-corrected chi connectivity index (χ4v) is 6.30. The zero-order valence-electron chi connectivity index (χ0n) is 21.4. The molecule has 0 radical (unpaired) electrons. The van der Waals surface area contributed by atoms with Gasteiger partial charge in [-0.2, -0.15) is 0 Å². The number of fused-ring (bicyclic) bond motifs is 2. The molecule has 188 valence electrons. The van der Waals surface area contributed by atoms with Gasteiger partial charge in [-0.3, -0.25) is 9.80 Å². The number of benzene rings is 3. The van der Waals surface area contributed by atoms with Crippen LogP contribution in [0.3, 0.4) is 0 Å². The molecule has 5 rings (SSSR count). The van der Waals surface area contributed by atoms with Gasteiger partial charge in [-0.05, 0) is 50.3 Å². The molecule has 0 saturated carbocycles. The smallest absolute Gasteiger partial charge is 0.410 e. The van der Waals surface area contributed by atoms with Gasteiger partial charge in [0, 0.05) is 18.6 Å². The second-order valence-corrected chi connectivity index (χ2v) is 10.9. The van der Waals surface area contributed by atoms with Crippen LogP contribution in [0.5, 0.6) is 0 Å². The van der Waals surface area contributed by atoms with Gasteiger partial charge in [0.2, 0.25) is 0 Å². The summed E-state index contributed by atoms with van der Waals surface area (Å²) in [6, 6.07) is 31.7. The molecule has 1 N–H and O–H groups in total. The molecule has 1 amide bonds. The van der Waals surface area contributed by atoms with Crippen molar-refractivity contribution in [3.63, 3.8) is 0 Å². The van der Waals surface area contributed by atoms with Gasteiger partial charge >= 0.3 is 6.09 Å². The molecule has 0 aromatic heterocycles. The van der Waals surface area contributed by atoms with Crippen molar-refractivity contribution in [3.8, 4) is 0 Å². The molecule has 36 heavy (non-hydrogen) atoms. The molecule has 2 fully saturated rings. The van der Waals surface area contributed by atoms with Crippen molar-refractivity contribution >= 4 is 6.09 Å². The Balaban J connectivity index is 1.69. The van der Waals surface area contributed by atoms with Crippen LogP contribution in [0.1, 0.15) is 50.3 Å². The minimum absolute atomic E-state index is 0.0260. The maximum Gasteiger partial charge on any atom is 0.410 e. The summed E-state index contributed by atoms with van der Waals surface area (Å²) in [5, 5.41) is 10.6. The predicted octanol–water partition coefficient (Wildman–Crippen LogP) is 5.42. The van der Waals surface area contributed by atoms with E-state index in [2.05, 4.69) is 95.9 Å². The fourth-order valence-electron chi connectivity index (χ4n) is 6.30. The molecule has 0 aliphatic carbocycles. The number of piperazine rings is 1. The highest BCUT2D eigenvalue weighted by Gasteiger charge is 2.57. The van der Waals surface area contributed by atoms with Crippen LogP contribution in [0.25, 0.3) is 0 Å². The van der Waals surface area contributed by atoms with Gasteiger partial charge in [0.05, 0.1) is 18.2 Å². The molecule has 1 unspecified atom stereocenters. The minimum Gasteiger partial charge on any atom is -0.444 e. The van der Waals surface area contributed by atoms with Crippen molar-refractivity contribution < 1.29 is 14.6 Å². The highest BCUT2D eigenvalue weighted by atomic mass is 16.6. The van der Waals surface area contributed by atoms with Crippen LogP contribution >= 0.6 is 0 Å². The van der Waals surface area contributed by atoms with Crippen LogP contribution < -0.4 is 0 Å². The van der Waals surface area contributed by atoms with Gasteiger partial charge in [0.25, 0.3) is 0 Å². The van der Waals surface area contributed by atoms with Crippen LogP contribution in [0.2, 0.25) is 0 Å². The molecular formula is C31H36N2O3. The molecule has 3 aromatic rings. The first kappa shape index (κ1) is 24.5. The van der Waals surface area contributed by atoms with E-state index in [-0.39, 0.29) is 30.8 Å². The van der Waals surface area contributed by atoms with E-state index in [9.17, 15) is 9.90 Å². The monoisotopic (exact) mass is 484 g/mol. The first-order chi connectivity index (χ1) is 17.4. The molecule has 5 nitrogen and oxygen atoms in total. The van der Waals surface area contributed by atoms with Gasteiger partial charge in [-0.1, -0.05) is 91.0 Å². The van der Waals surface area contributed by atoms with Gasteiger partial charge < -0.3 is 9.84 Å². The predicted molar refractivity (Wildman–Crippen MR) is 142 cm³/mol. The molecule has 5 heteroatoms. The molecule has 0 spiro atoms. The van der Waals surface area contributed by atoms with Crippen LogP contribution in [0, 0.1) is 0 Å². The van der Waals surface area contributed by atoms with Gasteiger partial charge in [-0.15, -0.1) is 0 Å². The number of hydrogen-bond acceptors (Lipinski definition) is 4. The molecule has 2 aliphatic rings. The van der Waals surface area contributed by atoms with E-state index in [0.29, 0.717) is 6.54 Å². The number of likely N-dealkylation sites (tertiary alicyclic amines) is 1. The van der Waals surface area contributed by atoms with E-state index < -0.39 is 11.1 Å². The largest absolute Gasteiger partial charge is 0.444 e. The zero-order chi connectivity index (χ0) is 25.3. The number of amides is 1. The number of aliphatic hydroxyl groups is 1. The summed E-state index contributed by atoms with van der Waals surface area (Å²) in [6.45, 7) is 6.06. The van der Waals surface area contributed by atoms with Crippen LogP contribution in [0.15, 0.2) is 91.0 Å². The summed E-state index contributed by atoms with van der Waals surface area (Å²) in [7, 11) is 0. The minimum atomic E-state index is -0.588.